The van der Waals surface area contributed by atoms with E-state index in [1.165, 1.54) is 5.56 Å². The summed E-state index contributed by atoms with van der Waals surface area (Å²) in [6.45, 7) is 0. The molecule has 4 heteroatoms. The van der Waals surface area contributed by atoms with E-state index < -0.39 is 6.09 Å². The molecule has 1 aromatic rings. The molecule has 1 aliphatic carbocycles. The Morgan fingerprint density at radius 2 is 2.12 bits per heavy atom. The maximum atomic E-state index is 11.1. The number of hydrogen-bond acceptors (Lipinski definition) is 3. The highest BCUT2D eigenvalue weighted by Gasteiger charge is 2.46. The molecule has 0 heterocycles. The van der Waals surface area contributed by atoms with Crippen molar-refractivity contribution in [1.29, 1.82) is 0 Å². The molecule has 2 rings (SSSR count). The highest BCUT2D eigenvalue weighted by atomic mass is 16.5. The van der Waals surface area contributed by atoms with Crippen LogP contribution in [0.2, 0.25) is 0 Å². The first-order valence-electron chi connectivity index (χ1n) is 5.76. The average molecular weight is 234 g/mol. The fraction of sp³-hybridized carbons (Fsp3) is 0.462. The Labute approximate surface area is 102 Å². The van der Waals surface area contributed by atoms with Crippen molar-refractivity contribution in [1.82, 2.24) is 10.2 Å². The van der Waals surface area contributed by atoms with Crippen LogP contribution in [-0.4, -0.2) is 32.1 Å². The molecule has 4 nitrogen and oxygen atoms in total. The van der Waals surface area contributed by atoms with E-state index in [9.17, 15) is 4.79 Å². The summed E-state index contributed by atoms with van der Waals surface area (Å²) in [6, 6.07) is 7.76. The summed E-state index contributed by atoms with van der Waals surface area (Å²) >= 11 is 0. The molecule has 0 aliphatic heterocycles. The lowest BCUT2D eigenvalue weighted by Gasteiger charge is -2.24. The Balaban J connectivity index is 2.20. The second kappa shape index (κ2) is 4.37. The Kier molecular flexibility index (Phi) is 3.07. The summed E-state index contributed by atoms with van der Waals surface area (Å²) < 4.78 is 5.14. The third-order valence-corrected chi connectivity index (χ3v) is 3.37. The summed E-state index contributed by atoms with van der Waals surface area (Å²) in [5.74, 6) is 0.593. The molecule has 1 saturated carbocycles. The molecule has 92 valence electrons. The van der Waals surface area contributed by atoms with Crippen molar-refractivity contribution >= 4 is 6.09 Å². The second-order valence-corrected chi connectivity index (χ2v) is 4.59. The molecule has 0 aromatic heterocycles. The summed E-state index contributed by atoms with van der Waals surface area (Å²) in [4.78, 5) is 13.4. The maximum Gasteiger partial charge on any atom is 0.412 e. The molecule has 0 unspecified atom stereocenters. The number of amides is 1. The van der Waals surface area contributed by atoms with Crippen LogP contribution in [-0.2, 0) is 5.54 Å². The van der Waals surface area contributed by atoms with Crippen molar-refractivity contribution in [3.8, 4) is 5.75 Å². The molecule has 0 spiro atoms. The molecular weight excluding hydrogens is 216 g/mol. The molecule has 0 bridgehead atoms. The van der Waals surface area contributed by atoms with Gasteiger partial charge in [-0.05, 0) is 44.6 Å². The van der Waals surface area contributed by atoms with Crippen LogP contribution in [0.3, 0.4) is 0 Å². The topological polar surface area (TPSA) is 41.6 Å². The number of nitrogens with one attached hydrogen (secondary N) is 1. The minimum Gasteiger partial charge on any atom is -0.410 e. The van der Waals surface area contributed by atoms with Crippen molar-refractivity contribution in [3.05, 3.63) is 29.8 Å². The molecular formula is C13H18N2O2. The zero-order valence-electron chi connectivity index (χ0n) is 10.5. The van der Waals surface area contributed by atoms with E-state index >= 15 is 0 Å². The van der Waals surface area contributed by atoms with Gasteiger partial charge in [-0.15, -0.1) is 0 Å². The molecule has 1 amide bonds. The van der Waals surface area contributed by atoms with Crippen LogP contribution >= 0.6 is 0 Å². The molecule has 0 saturated heterocycles. The third-order valence-electron chi connectivity index (χ3n) is 3.37. The largest absolute Gasteiger partial charge is 0.412 e. The van der Waals surface area contributed by atoms with Gasteiger partial charge in [0.25, 0.3) is 0 Å². The molecule has 1 aromatic carbocycles. The molecule has 17 heavy (non-hydrogen) atoms. The van der Waals surface area contributed by atoms with Gasteiger partial charge in [-0.2, -0.15) is 0 Å². The standard InChI is InChI=1S/C13H18N2O2/c1-14-12(16)17-11-6-4-5-10(9-11)13(7-8-13)15(2)3/h4-6,9H,7-8H2,1-3H3,(H,14,16). The predicted molar refractivity (Wildman–Crippen MR) is 66.1 cm³/mol. The van der Waals surface area contributed by atoms with Crippen molar-refractivity contribution in [3.63, 3.8) is 0 Å². The Morgan fingerprint density at radius 3 is 2.65 bits per heavy atom. The molecule has 1 fully saturated rings. The number of hydrogen-bond donors (Lipinski definition) is 1. The fourth-order valence-electron chi connectivity index (χ4n) is 2.12. The van der Waals surface area contributed by atoms with E-state index in [2.05, 4.69) is 30.4 Å². The second-order valence-electron chi connectivity index (χ2n) is 4.59. The predicted octanol–water partition coefficient (Wildman–Crippen LogP) is 1.96. The zero-order chi connectivity index (χ0) is 12.5. The van der Waals surface area contributed by atoms with E-state index in [1.54, 1.807) is 13.1 Å². The summed E-state index contributed by atoms with van der Waals surface area (Å²) in [5, 5.41) is 2.44. The number of carbonyl (C=O) groups excluding carboxylic acids is 1. The maximum absolute atomic E-state index is 11.1. The van der Waals surface area contributed by atoms with Crippen LogP contribution in [0.4, 0.5) is 4.79 Å². The molecule has 0 radical (unpaired) electrons. The van der Waals surface area contributed by atoms with Crippen molar-refractivity contribution in [2.75, 3.05) is 21.1 Å². The third kappa shape index (κ3) is 2.26. The first-order valence-corrected chi connectivity index (χ1v) is 5.76. The van der Waals surface area contributed by atoms with Gasteiger partial charge in [0.1, 0.15) is 5.75 Å². The summed E-state index contributed by atoms with van der Waals surface area (Å²) in [6.07, 6.45) is 1.88. The van der Waals surface area contributed by atoms with Crippen LogP contribution in [0, 0.1) is 0 Å². The SMILES string of the molecule is CNC(=O)Oc1cccc(C2(N(C)C)CC2)c1. The molecule has 0 atom stereocenters. The van der Waals surface area contributed by atoms with Gasteiger partial charge in [0.2, 0.25) is 0 Å². The van der Waals surface area contributed by atoms with E-state index in [-0.39, 0.29) is 5.54 Å². The lowest BCUT2D eigenvalue weighted by Crippen LogP contribution is -2.27. The number of rotatable bonds is 3. The smallest absolute Gasteiger partial charge is 0.410 e. The van der Waals surface area contributed by atoms with Gasteiger partial charge in [-0.3, -0.25) is 4.90 Å². The Morgan fingerprint density at radius 1 is 1.41 bits per heavy atom. The van der Waals surface area contributed by atoms with Gasteiger partial charge in [-0.25, -0.2) is 4.79 Å². The number of benzene rings is 1. The normalized spacial score (nSPS) is 16.7. The van der Waals surface area contributed by atoms with Crippen LogP contribution in [0.5, 0.6) is 5.75 Å². The minimum atomic E-state index is -0.433. The lowest BCUT2D eigenvalue weighted by atomic mass is 10.0. The van der Waals surface area contributed by atoms with Gasteiger partial charge >= 0.3 is 6.09 Å². The minimum absolute atomic E-state index is 0.141. The first kappa shape index (κ1) is 11.9. The Hall–Kier alpha value is -1.55. The number of nitrogens with zero attached hydrogens (tertiary/aromatic N) is 1. The van der Waals surface area contributed by atoms with Crippen LogP contribution in [0.1, 0.15) is 18.4 Å². The van der Waals surface area contributed by atoms with Gasteiger partial charge < -0.3 is 10.1 Å². The van der Waals surface area contributed by atoms with Gasteiger partial charge in [0, 0.05) is 12.6 Å². The lowest BCUT2D eigenvalue weighted by molar-refractivity contribution is 0.202. The van der Waals surface area contributed by atoms with E-state index in [0.29, 0.717) is 5.75 Å². The van der Waals surface area contributed by atoms with Gasteiger partial charge in [-0.1, -0.05) is 12.1 Å². The zero-order valence-corrected chi connectivity index (χ0v) is 10.5. The molecule has 1 N–H and O–H groups in total. The monoisotopic (exact) mass is 234 g/mol. The fourth-order valence-corrected chi connectivity index (χ4v) is 2.12. The van der Waals surface area contributed by atoms with Crippen LogP contribution in [0.25, 0.3) is 0 Å². The van der Waals surface area contributed by atoms with Crippen molar-refractivity contribution < 1.29 is 9.53 Å². The Bertz CT molecular complexity index is 425. The van der Waals surface area contributed by atoms with E-state index in [1.807, 2.05) is 12.1 Å². The van der Waals surface area contributed by atoms with Crippen LogP contribution in [0.15, 0.2) is 24.3 Å². The van der Waals surface area contributed by atoms with Crippen LogP contribution < -0.4 is 10.1 Å². The quantitative estimate of drug-likeness (QED) is 0.869. The number of carbonyl (C=O) groups is 1. The van der Waals surface area contributed by atoms with Gasteiger partial charge in [0.05, 0.1) is 0 Å². The van der Waals surface area contributed by atoms with E-state index in [4.69, 9.17) is 4.74 Å². The summed E-state index contributed by atoms with van der Waals surface area (Å²) in [5.41, 5.74) is 1.35. The summed E-state index contributed by atoms with van der Waals surface area (Å²) in [7, 11) is 5.72. The average Bonchev–Trinajstić information content (AvgIpc) is 3.10. The van der Waals surface area contributed by atoms with E-state index in [0.717, 1.165) is 12.8 Å². The first-order chi connectivity index (χ1) is 8.08. The van der Waals surface area contributed by atoms with Gasteiger partial charge in [0.15, 0.2) is 0 Å². The number of ether oxygens (including phenoxy) is 1. The molecule has 1 aliphatic rings. The van der Waals surface area contributed by atoms with Crippen molar-refractivity contribution in [2.24, 2.45) is 0 Å². The highest BCUT2D eigenvalue weighted by Crippen LogP contribution is 2.50. The van der Waals surface area contributed by atoms with Crippen molar-refractivity contribution in [2.45, 2.75) is 18.4 Å². The highest BCUT2D eigenvalue weighted by molar-refractivity contribution is 5.70.